The number of ether oxygens (including phenoxy) is 1. The maximum absolute atomic E-state index is 14.0. The minimum Gasteiger partial charge on any atom is -0.465 e. The SMILES string of the molecule is CCOC(=O)CNC(=O)[C@@H](c1ccc(N(C)C)cc1)N(C(=O)c1snc(C(N)=O)c1N)c1cccc(C)c1. The number of nitrogens with zero attached hydrogens (tertiary/aromatic N) is 3. The molecule has 2 aromatic carbocycles. The Bertz CT molecular complexity index is 1340. The van der Waals surface area contributed by atoms with Crippen LogP contribution in [0.3, 0.4) is 0 Å². The molecule has 0 saturated carbocycles. The first-order valence-corrected chi connectivity index (χ1v) is 12.5. The summed E-state index contributed by atoms with van der Waals surface area (Å²) in [6, 6.07) is 12.9. The zero-order chi connectivity index (χ0) is 28.0. The molecule has 0 fully saturated rings. The summed E-state index contributed by atoms with van der Waals surface area (Å²) >= 11 is 0.716. The fraction of sp³-hybridized carbons (Fsp3) is 0.269. The van der Waals surface area contributed by atoms with Gasteiger partial charge in [-0.15, -0.1) is 0 Å². The topological polar surface area (TPSA) is 161 Å². The third-order valence-electron chi connectivity index (χ3n) is 5.60. The second kappa shape index (κ2) is 12.2. The number of hydrogen-bond donors (Lipinski definition) is 3. The Hall–Kier alpha value is -4.45. The van der Waals surface area contributed by atoms with Crippen molar-refractivity contribution in [1.29, 1.82) is 0 Å². The van der Waals surface area contributed by atoms with Gasteiger partial charge in [-0.1, -0.05) is 24.3 Å². The number of amides is 3. The van der Waals surface area contributed by atoms with Gasteiger partial charge in [0, 0.05) is 25.5 Å². The molecule has 1 atom stereocenters. The van der Waals surface area contributed by atoms with E-state index in [-0.39, 0.29) is 29.4 Å². The average molecular weight is 539 g/mol. The number of nitrogens with two attached hydrogens (primary N) is 2. The Balaban J connectivity index is 2.17. The lowest BCUT2D eigenvalue weighted by molar-refractivity contribution is -0.143. The summed E-state index contributed by atoms with van der Waals surface area (Å²) in [7, 11) is 3.76. The van der Waals surface area contributed by atoms with Crippen LogP contribution in [0.1, 0.15) is 44.3 Å². The van der Waals surface area contributed by atoms with Gasteiger partial charge >= 0.3 is 5.97 Å². The lowest BCUT2D eigenvalue weighted by Crippen LogP contribution is -2.45. The van der Waals surface area contributed by atoms with Crippen molar-refractivity contribution in [1.82, 2.24) is 9.69 Å². The van der Waals surface area contributed by atoms with Crippen LogP contribution in [-0.2, 0) is 14.3 Å². The van der Waals surface area contributed by atoms with Gasteiger partial charge in [0.25, 0.3) is 11.8 Å². The van der Waals surface area contributed by atoms with E-state index in [4.69, 9.17) is 16.2 Å². The summed E-state index contributed by atoms with van der Waals surface area (Å²) in [5, 5.41) is 2.58. The Morgan fingerprint density at radius 3 is 2.32 bits per heavy atom. The van der Waals surface area contributed by atoms with Crippen LogP contribution in [0.5, 0.6) is 0 Å². The summed E-state index contributed by atoms with van der Waals surface area (Å²) in [6.45, 7) is 3.28. The van der Waals surface area contributed by atoms with Gasteiger partial charge in [-0.3, -0.25) is 24.1 Å². The maximum Gasteiger partial charge on any atom is 0.325 e. The normalized spacial score (nSPS) is 11.4. The Kier molecular flexibility index (Phi) is 9.02. The molecule has 0 aliphatic rings. The number of rotatable bonds is 10. The van der Waals surface area contributed by atoms with E-state index >= 15 is 0 Å². The molecule has 11 nitrogen and oxygen atoms in total. The molecule has 1 aromatic heterocycles. The molecule has 0 saturated heterocycles. The number of benzene rings is 2. The smallest absolute Gasteiger partial charge is 0.325 e. The molecule has 1 heterocycles. The number of aromatic nitrogens is 1. The summed E-state index contributed by atoms with van der Waals surface area (Å²) in [4.78, 5) is 54.5. The summed E-state index contributed by atoms with van der Waals surface area (Å²) in [5.74, 6) is -2.77. The lowest BCUT2D eigenvalue weighted by Gasteiger charge is -2.31. The van der Waals surface area contributed by atoms with Gasteiger partial charge in [0.2, 0.25) is 5.91 Å². The zero-order valence-electron chi connectivity index (χ0n) is 21.6. The fourth-order valence-electron chi connectivity index (χ4n) is 3.74. The number of carbonyl (C=O) groups excluding carboxylic acids is 4. The molecule has 0 unspecified atom stereocenters. The van der Waals surface area contributed by atoms with Crippen molar-refractivity contribution in [2.75, 3.05) is 42.8 Å². The van der Waals surface area contributed by atoms with E-state index in [0.29, 0.717) is 22.8 Å². The monoisotopic (exact) mass is 538 g/mol. The van der Waals surface area contributed by atoms with Crippen LogP contribution in [-0.4, -0.2) is 55.3 Å². The van der Waals surface area contributed by atoms with Crippen molar-refractivity contribution in [2.24, 2.45) is 5.73 Å². The highest BCUT2D eigenvalue weighted by atomic mass is 32.1. The third-order valence-corrected chi connectivity index (χ3v) is 6.45. The number of esters is 1. The maximum atomic E-state index is 14.0. The van der Waals surface area contributed by atoms with Gasteiger partial charge in [0.15, 0.2) is 5.69 Å². The van der Waals surface area contributed by atoms with Crippen molar-refractivity contribution in [3.8, 4) is 0 Å². The van der Waals surface area contributed by atoms with Crippen molar-refractivity contribution < 1.29 is 23.9 Å². The second-order valence-electron chi connectivity index (χ2n) is 8.56. The predicted molar refractivity (Wildman–Crippen MR) is 146 cm³/mol. The molecule has 3 rings (SSSR count). The van der Waals surface area contributed by atoms with E-state index in [1.54, 1.807) is 37.3 Å². The van der Waals surface area contributed by atoms with E-state index in [2.05, 4.69) is 9.69 Å². The van der Waals surface area contributed by atoms with E-state index < -0.39 is 29.7 Å². The van der Waals surface area contributed by atoms with Crippen molar-refractivity contribution in [3.05, 3.63) is 70.2 Å². The fourth-order valence-corrected chi connectivity index (χ4v) is 4.48. The quantitative estimate of drug-likeness (QED) is 0.331. The van der Waals surface area contributed by atoms with Crippen LogP contribution in [0.4, 0.5) is 17.1 Å². The Morgan fingerprint density at radius 1 is 1.08 bits per heavy atom. The largest absolute Gasteiger partial charge is 0.465 e. The highest BCUT2D eigenvalue weighted by Gasteiger charge is 2.36. The van der Waals surface area contributed by atoms with Gasteiger partial charge in [-0.2, -0.15) is 4.37 Å². The molecule has 3 aromatic rings. The molecule has 200 valence electrons. The van der Waals surface area contributed by atoms with Crippen molar-refractivity contribution >= 4 is 52.3 Å². The molecule has 0 radical (unpaired) electrons. The van der Waals surface area contributed by atoms with Gasteiger partial charge in [0.05, 0.1) is 12.3 Å². The number of nitrogen functional groups attached to an aromatic ring is 1. The third kappa shape index (κ3) is 6.27. The van der Waals surface area contributed by atoms with Crippen LogP contribution < -0.4 is 26.6 Å². The van der Waals surface area contributed by atoms with Crippen molar-refractivity contribution in [2.45, 2.75) is 19.9 Å². The zero-order valence-corrected chi connectivity index (χ0v) is 22.4. The molecular weight excluding hydrogens is 508 g/mol. The van der Waals surface area contributed by atoms with Crippen LogP contribution in [0.25, 0.3) is 0 Å². The Morgan fingerprint density at radius 2 is 1.76 bits per heavy atom. The molecular formula is C26H30N6O5S. The minimum absolute atomic E-state index is 0.0478. The van der Waals surface area contributed by atoms with Gasteiger partial charge in [0.1, 0.15) is 17.5 Å². The number of anilines is 3. The summed E-state index contributed by atoms with van der Waals surface area (Å²) in [6.07, 6.45) is 0. The van der Waals surface area contributed by atoms with Crippen LogP contribution in [0, 0.1) is 6.92 Å². The van der Waals surface area contributed by atoms with Gasteiger partial charge in [-0.05, 0) is 60.8 Å². The second-order valence-corrected chi connectivity index (χ2v) is 9.34. The van der Waals surface area contributed by atoms with E-state index in [0.717, 1.165) is 11.3 Å². The molecule has 0 spiro atoms. The number of carbonyl (C=O) groups is 4. The van der Waals surface area contributed by atoms with E-state index in [1.807, 2.05) is 44.1 Å². The number of nitrogens with one attached hydrogen (secondary N) is 1. The first-order chi connectivity index (χ1) is 18.0. The molecule has 5 N–H and O–H groups in total. The highest BCUT2D eigenvalue weighted by molar-refractivity contribution is 7.09. The van der Waals surface area contributed by atoms with Crippen LogP contribution in [0.2, 0.25) is 0 Å². The molecule has 0 aliphatic heterocycles. The summed E-state index contributed by atoms with van der Waals surface area (Å²) < 4.78 is 8.88. The van der Waals surface area contributed by atoms with E-state index in [9.17, 15) is 19.2 Å². The van der Waals surface area contributed by atoms with E-state index in [1.165, 1.54) is 4.90 Å². The number of hydrogen-bond acceptors (Lipinski definition) is 9. The molecule has 0 bridgehead atoms. The number of primary amides is 1. The average Bonchev–Trinajstić information content (AvgIpc) is 3.27. The first-order valence-electron chi connectivity index (χ1n) is 11.7. The van der Waals surface area contributed by atoms with Crippen LogP contribution in [0.15, 0.2) is 48.5 Å². The van der Waals surface area contributed by atoms with Crippen LogP contribution >= 0.6 is 11.5 Å². The minimum atomic E-state index is -1.21. The van der Waals surface area contributed by atoms with Crippen molar-refractivity contribution in [3.63, 3.8) is 0 Å². The highest BCUT2D eigenvalue weighted by Crippen LogP contribution is 2.34. The first kappa shape index (κ1) is 28.1. The number of aryl methyl sites for hydroxylation is 1. The Labute approximate surface area is 224 Å². The van der Waals surface area contributed by atoms with Gasteiger partial charge in [-0.25, -0.2) is 0 Å². The molecule has 3 amide bonds. The molecule has 12 heteroatoms. The van der Waals surface area contributed by atoms with Gasteiger partial charge < -0.3 is 26.4 Å². The predicted octanol–water partition coefficient (Wildman–Crippen LogP) is 2.27. The molecule has 38 heavy (non-hydrogen) atoms. The molecule has 0 aliphatic carbocycles. The summed E-state index contributed by atoms with van der Waals surface area (Å²) in [5.41, 5.74) is 13.6. The standard InChI is InChI=1S/C26H30N6O5S/c1-5-37-19(33)14-29-25(35)22(16-9-11-17(12-10-16)31(3)4)32(18-8-6-7-15(2)13-18)26(36)23-20(27)21(24(28)34)30-38-23/h6-13,22H,5,14,27H2,1-4H3,(H2,28,34)(H,29,35)/t22-/m1/s1. The lowest BCUT2D eigenvalue weighted by atomic mass is 10.0.